The zero-order chi connectivity index (χ0) is 60.0. The van der Waals surface area contributed by atoms with Gasteiger partial charge in [-0.1, -0.05) is 112 Å². The minimum absolute atomic E-state index is 0.136. The van der Waals surface area contributed by atoms with Gasteiger partial charge in [0.2, 0.25) is 0 Å². The third-order valence-electron chi connectivity index (χ3n) is 16.0. The van der Waals surface area contributed by atoms with Gasteiger partial charge in [-0.05, 0) is 111 Å². The van der Waals surface area contributed by atoms with E-state index in [4.69, 9.17) is 30.6 Å². The summed E-state index contributed by atoms with van der Waals surface area (Å²) in [5, 5.41) is 16.5. The molecule has 0 bridgehead atoms. The highest BCUT2D eigenvalue weighted by atomic mass is 35.7. The molecular formula is C63H76ClN9O9S3. The predicted octanol–water partition coefficient (Wildman–Crippen LogP) is 13.7. The Bertz CT molecular complexity index is 3810. The van der Waals surface area contributed by atoms with E-state index in [9.17, 15) is 25.3 Å². The number of nitrogen functional groups attached to an aromatic ring is 1. The Labute approximate surface area is 503 Å². The largest absolute Gasteiger partial charge is 0.495 e. The first-order valence-corrected chi connectivity index (χ1v) is 34.3. The smallest absolute Gasteiger partial charge is 0.262 e. The minimum atomic E-state index is -3.69. The zero-order valence-electron chi connectivity index (χ0n) is 48.4. The van der Waals surface area contributed by atoms with Crippen molar-refractivity contribution < 1.29 is 39.5 Å². The fourth-order valence-electron chi connectivity index (χ4n) is 11.5. The van der Waals surface area contributed by atoms with E-state index < -0.39 is 29.1 Å². The van der Waals surface area contributed by atoms with Gasteiger partial charge in [0.1, 0.15) is 17.2 Å². The number of hydrogen-bond acceptors (Lipinski definition) is 13. The number of anilines is 3. The molecule has 4 N–H and O–H groups in total. The number of hydrogen-bond donors (Lipinski definition) is 3. The van der Waals surface area contributed by atoms with Crippen molar-refractivity contribution in [3.05, 3.63) is 146 Å². The van der Waals surface area contributed by atoms with Crippen LogP contribution in [0.15, 0.2) is 161 Å². The highest BCUT2D eigenvalue weighted by Crippen LogP contribution is 2.36. The number of ether oxygens (including phenoxy) is 3. The molecule has 6 aromatic carbocycles. The van der Waals surface area contributed by atoms with E-state index in [0.29, 0.717) is 40.4 Å². The summed E-state index contributed by atoms with van der Waals surface area (Å²) in [6, 6.07) is 35.7. The highest BCUT2D eigenvalue weighted by molar-refractivity contribution is 8.13. The second kappa shape index (κ2) is 28.7. The van der Waals surface area contributed by atoms with Gasteiger partial charge in [-0.3, -0.25) is 23.5 Å². The van der Waals surface area contributed by atoms with Gasteiger partial charge in [-0.2, -0.15) is 15.3 Å². The van der Waals surface area contributed by atoms with Crippen molar-refractivity contribution in [1.29, 1.82) is 0 Å². The van der Waals surface area contributed by atoms with Crippen LogP contribution in [0.25, 0.3) is 32.7 Å². The number of benzene rings is 6. The number of rotatable bonds is 16. The van der Waals surface area contributed by atoms with Crippen molar-refractivity contribution in [3.63, 3.8) is 0 Å². The summed E-state index contributed by atoms with van der Waals surface area (Å²) in [5.74, 6) is 3.77. The number of fused-ring (bicyclic) bond motifs is 3. The first kappa shape index (κ1) is 62.2. The number of aromatic nitrogens is 6. The molecule has 0 aliphatic heterocycles. The van der Waals surface area contributed by atoms with E-state index in [2.05, 4.69) is 29.4 Å². The topological polar surface area (TPSA) is 234 Å². The van der Waals surface area contributed by atoms with Crippen molar-refractivity contribution in [2.45, 2.75) is 131 Å². The molecule has 0 atom stereocenters. The molecule has 3 saturated carbocycles. The summed E-state index contributed by atoms with van der Waals surface area (Å²) in [5.41, 5.74) is 10.5. The molecule has 22 heteroatoms. The molecular weight excluding hydrogens is 1160 g/mol. The molecule has 85 heavy (non-hydrogen) atoms. The maximum Gasteiger partial charge on any atom is 0.262 e. The second-order valence-corrected chi connectivity index (χ2v) is 27.9. The second-order valence-electron chi connectivity index (χ2n) is 22.0. The van der Waals surface area contributed by atoms with Gasteiger partial charge >= 0.3 is 0 Å². The number of halogens is 1. The summed E-state index contributed by atoms with van der Waals surface area (Å²) in [6.07, 6.45) is 25.0. The maximum atomic E-state index is 12.7. The molecule has 3 aliphatic carbocycles. The van der Waals surface area contributed by atoms with Crippen molar-refractivity contribution in [1.82, 2.24) is 29.3 Å². The summed E-state index contributed by atoms with van der Waals surface area (Å²) in [4.78, 5) is 0.562. The molecule has 452 valence electrons. The maximum absolute atomic E-state index is 12.7. The van der Waals surface area contributed by atoms with E-state index in [1.807, 2.05) is 39.8 Å². The quantitative estimate of drug-likeness (QED) is 0.0604. The fourth-order valence-corrected chi connectivity index (χ4v) is 14.4. The number of nitrogens with two attached hydrogens (primary N) is 1. The monoisotopic (exact) mass is 1230 g/mol. The fraction of sp³-hybridized carbons (Fsp3) is 0.381. The lowest BCUT2D eigenvalue weighted by Gasteiger charge is -2.21. The zero-order valence-corrected chi connectivity index (χ0v) is 51.6. The van der Waals surface area contributed by atoms with Gasteiger partial charge < -0.3 is 19.9 Å². The van der Waals surface area contributed by atoms with Crippen LogP contribution in [0.5, 0.6) is 17.2 Å². The molecule has 3 aliphatic rings. The molecule has 0 amide bonds. The third kappa shape index (κ3) is 16.4. The van der Waals surface area contributed by atoms with Crippen LogP contribution in [-0.2, 0) is 48.7 Å². The number of nitrogens with zero attached hydrogens (tertiary/aromatic N) is 6. The predicted molar refractivity (Wildman–Crippen MR) is 337 cm³/mol. The van der Waals surface area contributed by atoms with Gasteiger partial charge in [0, 0.05) is 64.7 Å². The van der Waals surface area contributed by atoms with Gasteiger partial charge in [-0.15, -0.1) is 0 Å². The van der Waals surface area contributed by atoms with Crippen LogP contribution >= 0.6 is 10.7 Å². The minimum Gasteiger partial charge on any atom is -0.495 e. The van der Waals surface area contributed by atoms with Crippen LogP contribution in [0, 0.1) is 17.8 Å². The molecule has 3 heterocycles. The summed E-state index contributed by atoms with van der Waals surface area (Å²) in [6.45, 7) is 2.79. The molecule has 3 aromatic heterocycles. The van der Waals surface area contributed by atoms with Crippen molar-refractivity contribution in [2.75, 3.05) is 36.5 Å². The standard InChI is InChI=1S/2C21H25N3O3S.C15H21N3O.C6H5ClO2S/c2*1-27-21-13-20-17(14-22-24(20)15-16-8-4-2-5-9-16)12-19(21)23-28(25,26)18-10-6-3-7-11-18;1-19-15-8-14-12(7-13(15)16)9-17-18(14)10-11-5-3-2-4-6-11;7-10(8,9)6-4-2-1-3-5-6/h2*3,6-7,10-14,16,23H,2,4-5,8-9,15H2,1H3;7-9,11H,2-6,10,16H2,1H3;1-5H. The lowest BCUT2D eigenvalue weighted by atomic mass is 9.89. The van der Waals surface area contributed by atoms with Crippen molar-refractivity contribution >= 4 is 89.6 Å². The van der Waals surface area contributed by atoms with Crippen LogP contribution in [-0.4, -0.2) is 75.9 Å². The summed E-state index contributed by atoms with van der Waals surface area (Å²) >= 11 is 0. The summed E-state index contributed by atoms with van der Waals surface area (Å²) < 4.78 is 99.6. The van der Waals surface area contributed by atoms with Crippen molar-refractivity contribution in [2.24, 2.45) is 17.8 Å². The Hall–Kier alpha value is -7.33. The number of methoxy groups -OCH3 is 3. The highest BCUT2D eigenvalue weighted by Gasteiger charge is 2.23. The van der Waals surface area contributed by atoms with Gasteiger partial charge in [0.05, 0.1) is 88.2 Å². The van der Waals surface area contributed by atoms with E-state index in [1.165, 1.54) is 108 Å². The van der Waals surface area contributed by atoms with Crippen LogP contribution in [0.2, 0.25) is 0 Å². The Morgan fingerprint density at radius 1 is 0.447 bits per heavy atom. The summed E-state index contributed by atoms with van der Waals surface area (Å²) in [7, 11) is -1.13. The number of nitrogens with one attached hydrogen (secondary N) is 2. The average molecular weight is 1240 g/mol. The Kier molecular flexibility index (Phi) is 21.0. The molecule has 18 nitrogen and oxygen atoms in total. The average Bonchev–Trinajstić information content (AvgIpc) is 4.17. The molecule has 0 saturated heterocycles. The molecule has 0 unspecified atom stereocenters. The van der Waals surface area contributed by atoms with Crippen LogP contribution in [0.4, 0.5) is 17.1 Å². The molecule has 3 fully saturated rings. The molecule has 0 spiro atoms. The van der Waals surface area contributed by atoms with E-state index >= 15 is 0 Å². The lowest BCUT2D eigenvalue weighted by Crippen LogP contribution is -2.15. The van der Waals surface area contributed by atoms with Crippen LogP contribution in [0.3, 0.4) is 0 Å². The van der Waals surface area contributed by atoms with Gasteiger partial charge in [0.25, 0.3) is 29.1 Å². The van der Waals surface area contributed by atoms with Crippen LogP contribution in [0.1, 0.15) is 96.3 Å². The first-order valence-electron chi connectivity index (χ1n) is 29.0. The normalized spacial score (nSPS) is 15.4. The van der Waals surface area contributed by atoms with E-state index in [0.717, 1.165) is 64.0 Å². The van der Waals surface area contributed by atoms with Gasteiger partial charge in [-0.25, -0.2) is 25.3 Å². The first-order chi connectivity index (χ1) is 41.0. The van der Waals surface area contributed by atoms with E-state index in [-0.39, 0.29) is 14.7 Å². The van der Waals surface area contributed by atoms with Crippen molar-refractivity contribution in [3.8, 4) is 17.2 Å². The van der Waals surface area contributed by atoms with Gasteiger partial charge in [0.15, 0.2) is 0 Å². The Balaban J connectivity index is 0.000000143. The Morgan fingerprint density at radius 2 is 0.753 bits per heavy atom. The number of sulfonamides is 2. The molecule has 0 radical (unpaired) electrons. The molecule has 12 rings (SSSR count). The Morgan fingerprint density at radius 3 is 1.06 bits per heavy atom. The molecule has 9 aromatic rings. The van der Waals surface area contributed by atoms with E-state index in [1.54, 1.807) is 125 Å². The SMILES string of the molecule is COc1cc2c(cnn2CC2CCCCC2)cc1N.COc1cc2c(cnn2CC2CCCCC2)cc1NS(=O)(=O)c1ccccc1.COc1cc2c(cnn2CC2CCCCC2)cc1NS(=O)(=O)c1ccccc1.O=S(=O)(Cl)c1ccccc1. The lowest BCUT2D eigenvalue weighted by molar-refractivity contribution is 0.312. The van der Waals surface area contributed by atoms with Crippen LogP contribution < -0.4 is 29.4 Å². The third-order valence-corrected chi connectivity index (χ3v) is 20.1.